The van der Waals surface area contributed by atoms with Gasteiger partial charge in [0, 0.05) is 7.05 Å². The maximum absolute atomic E-state index is 14.8. The third-order valence-corrected chi connectivity index (χ3v) is 4.94. The second-order valence-electron chi connectivity index (χ2n) is 7.41. The molecule has 0 aliphatic carbocycles. The van der Waals surface area contributed by atoms with Crippen molar-refractivity contribution < 1.29 is 18.4 Å². The zero-order valence-corrected chi connectivity index (χ0v) is 15.8. The van der Waals surface area contributed by atoms with Crippen molar-refractivity contribution in [3.8, 4) is 5.75 Å². The molecule has 0 unspecified atom stereocenters. The summed E-state index contributed by atoms with van der Waals surface area (Å²) in [5.74, 6) is 0.503. The third-order valence-electron chi connectivity index (χ3n) is 4.94. The van der Waals surface area contributed by atoms with Crippen molar-refractivity contribution in [3.05, 3.63) is 53.5 Å². The zero-order valence-electron chi connectivity index (χ0n) is 15.8. The monoisotopic (exact) mass is 358 g/mol. The molecule has 3 rings (SSSR count). The molecular weight excluding hydrogens is 334 g/mol. The fourth-order valence-electron chi connectivity index (χ4n) is 2.59. The Morgan fingerprint density at radius 1 is 1.19 bits per heavy atom. The van der Waals surface area contributed by atoms with Gasteiger partial charge in [-0.2, -0.15) is 5.10 Å². The molecule has 7 heteroatoms. The summed E-state index contributed by atoms with van der Waals surface area (Å²) in [6, 6.07) is 9.77. The molecule has 1 aromatic carbocycles. The molecule has 26 heavy (non-hydrogen) atoms. The van der Waals surface area contributed by atoms with Crippen molar-refractivity contribution >= 4 is 13.2 Å². The van der Waals surface area contributed by atoms with Gasteiger partial charge >= 0.3 is 7.12 Å². The molecular formula is C19H24BFN2O3. The van der Waals surface area contributed by atoms with Gasteiger partial charge in [-0.05, 0) is 39.3 Å². The van der Waals surface area contributed by atoms with E-state index in [1.165, 1.54) is 6.08 Å². The second-order valence-corrected chi connectivity index (χ2v) is 7.41. The molecule has 2 aromatic rings. The van der Waals surface area contributed by atoms with Crippen LogP contribution in [0.25, 0.3) is 6.08 Å². The molecule has 0 saturated carbocycles. The van der Waals surface area contributed by atoms with Crippen molar-refractivity contribution in [2.45, 2.75) is 45.5 Å². The summed E-state index contributed by atoms with van der Waals surface area (Å²) in [4.78, 5) is 0. The summed E-state index contributed by atoms with van der Waals surface area (Å²) in [6.45, 7) is 7.93. The normalized spacial score (nSPS) is 19.0. The van der Waals surface area contributed by atoms with Crippen LogP contribution in [0.5, 0.6) is 5.75 Å². The predicted molar refractivity (Wildman–Crippen MR) is 99.1 cm³/mol. The number of benzene rings is 1. The SMILES string of the molecule is Cn1ncc(OCc2ccccc2)c1C=C(F)B1OC(C)(C)C(C)(C)O1. The Kier molecular flexibility index (Phi) is 4.95. The molecule has 1 saturated heterocycles. The van der Waals surface area contributed by atoms with Gasteiger partial charge in [-0.3, -0.25) is 4.68 Å². The quantitative estimate of drug-likeness (QED) is 0.760. The minimum Gasteiger partial charge on any atom is -0.485 e. The summed E-state index contributed by atoms with van der Waals surface area (Å²) in [7, 11) is 0.690. The highest BCUT2D eigenvalue weighted by Gasteiger charge is 2.53. The first-order valence-electron chi connectivity index (χ1n) is 8.61. The summed E-state index contributed by atoms with van der Waals surface area (Å²) in [6.07, 6.45) is 2.93. The Balaban J connectivity index is 1.77. The van der Waals surface area contributed by atoms with E-state index in [4.69, 9.17) is 14.0 Å². The number of rotatable bonds is 5. The molecule has 0 atom stereocenters. The molecule has 2 heterocycles. The van der Waals surface area contributed by atoms with E-state index in [1.807, 2.05) is 58.0 Å². The summed E-state index contributed by atoms with van der Waals surface area (Å²) in [5, 5.41) is 4.16. The van der Waals surface area contributed by atoms with Gasteiger partial charge in [0.15, 0.2) is 5.75 Å². The number of hydrogen-bond acceptors (Lipinski definition) is 4. The van der Waals surface area contributed by atoms with Crippen LogP contribution in [0.15, 0.2) is 42.3 Å². The number of ether oxygens (including phenoxy) is 1. The maximum Gasteiger partial charge on any atom is 0.525 e. The van der Waals surface area contributed by atoms with Crippen LogP contribution in [-0.4, -0.2) is 28.1 Å². The molecule has 138 valence electrons. The lowest BCUT2D eigenvalue weighted by Crippen LogP contribution is -2.41. The van der Waals surface area contributed by atoms with Crippen LogP contribution in [-0.2, 0) is 23.0 Å². The van der Waals surface area contributed by atoms with Crippen LogP contribution in [0, 0.1) is 0 Å². The molecule has 0 radical (unpaired) electrons. The van der Waals surface area contributed by atoms with Crippen molar-refractivity contribution in [2.24, 2.45) is 7.05 Å². The van der Waals surface area contributed by atoms with E-state index in [0.717, 1.165) is 5.56 Å². The molecule has 0 bridgehead atoms. The Labute approximate surface area is 153 Å². The van der Waals surface area contributed by atoms with Crippen LogP contribution < -0.4 is 4.74 Å². The van der Waals surface area contributed by atoms with Gasteiger partial charge in [-0.25, -0.2) is 4.39 Å². The Hall–Kier alpha value is -2.12. The minimum absolute atomic E-state index is 0.380. The molecule has 1 fully saturated rings. The smallest absolute Gasteiger partial charge is 0.485 e. The third kappa shape index (κ3) is 3.69. The molecule has 1 aliphatic heterocycles. The van der Waals surface area contributed by atoms with Gasteiger partial charge in [0.25, 0.3) is 0 Å². The number of hydrogen-bond donors (Lipinski definition) is 0. The van der Waals surface area contributed by atoms with E-state index < -0.39 is 24.0 Å². The zero-order chi connectivity index (χ0) is 18.9. The Morgan fingerprint density at radius 2 is 1.81 bits per heavy atom. The average Bonchev–Trinajstić information content (AvgIpc) is 3.03. The highest BCUT2D eigenvalue weighted by molar-refractivity contribution is 6.54. The number of aryl methyl sites for hydroxylation is 1. The van der Waals surface area contributed by atoms with E-state index in [0.29, 0.717) is 18.1 Å². The highest BCUT2D eigenvalue weighted by Crippen LogP contribution is 2.39. The van der Waals surface area contributed by atoms with Crippen LogP contribution in [0.4, 0.5) is 4.39 Å². The molecule has 0 spiro atoms. The van der Waals surface area contributed by atoms with Gasteiger partial charge < -0.3 is 14.0 Å². The molecule has 0 N–H and O–H groups in total. The summed E-state index contributed by atoms with van der Waals surface area (Å²) >= 11 is 0. The van der Waals surface area contributed by atoms with Gasteiger partial charge in [-0.1, -0.05) is 30.3 Å². The predicted octanol–water partition coefficient (Wildman–Crippen LogP) is 3.94. The van der Waals surface area contributed by atoms with Crippen molar-refractivity contribution in [1.29, 1.82) is 0 Å². The largest absolute Gasteiger partial charge is 0.525 e. The van der Waals surface area contributed by atoms with Crippen molar-refractivity contribution in [3.63, 3.8) is 0 Å². The van der Waals surface area contributed by atoms with E-state index in [2.05, 4.69) is 5.10 Å². The van der Waals surface area contributed by atoms with Crippen LogP contribution in [0.1, 0.15) is 39.0 Å². The minimum atomic E-state index is -1.04. The fraction of sp³-hybridized carbons (Fsp3) is 0.421. The lowest BCUT2D eigenvalue weighted by Gasteiger charge is -2.32. The Bertz CT molecular complexity index is 786. The number of nitrogens with zero attached hydrogens (tertiary/aromatic N) is 2. The fourth-order valence-corrected chi connectivity index (χ4v) is 2.59. The molecule has 5 nitrogen and oxygen atoms in total. The first-order chi connectivity index (χ1) is 12.2. The highest BCUT2D eigenvalue weighted by atomic mass is 19.1. The molecule has 0 amide bonds. The average molecular weight is 358 g/mol. The van der Waals surface area contributed by atoms with E-state index >= 15 is 0 Å². The van der Waals surface area contributed by atoms with Gasteiger partial charge in [0.1, 0.15) is 18.0 Å². The topological polar surface area (TPSA) is 45.5 Å². The summed E-state index contributed by atoms with van der Waals surface area (Å²) < 4.78 is 33.7. The number of aromatic nitrogens is 2. The van der Waals surface area contributed by atoms with Crippen LogP contribution >= 0.6 is 0 Å². The van der Waals surface area contributed by atoms with Gasteiger partial charge in [0.2, 0.25) is 0 Å². The first kappa shape index (κ1) is 18.7. The van der Waals surface area contributed by atoms with Gasteiger partial charge in [-0.15, -0.1) is 0 Å². The maximum atomic E-state index is 14.8. The lowest BCUT2D eigenvalue weighted by atomic mass is 9.87. The second kappa shape index (κ2) is 6.89. The van der Waals surface area contributed by atoms with Gasteiger partial charge in [0.05, 0.1) is 17.4 Å². The Morgan fingerprint density at radius 3 is 2.42 bits per heavy atom. The first-order valence-corrected chi connectivity index (χ1v) is 8.61. The van der Waals surface area contributed by atoms with E-state index in [-0.39, 0.29) is 0 Å². The van der Waals surface area contributed by atoms with E-state index in [1.54, 1.807) is 17.9 Å². The number of halogens is 1. The van der Waals surface area contributed by atoms with Crippen LogP contribution in [0.3, 0.4) is 0 Å². The van der Waals surface area contributed by atoms with Crippen molar-refractivity contribution in [2.75, 3.05) is 0 Å². The standard InChI is InChI=1S/C19H24BFN2O3/c1-18(2)19(3,4)26-20(25-18)17(21)11-15-16(12-22-23(15)5)24-13-14-9-7-6-8-10-14/h6-12H,13H2,1-5H3. The molecule has 1 aromatic heterocycles. The lowest BCUT2D eigenvalue weighted by molar-refractivity contribution is 0.00578. The summed E-state index contributed by atoms with van der Waals surface area (Å²) in [5.41, 5.74) is -0.160. The van der Waals surface area contributed by atoms with E-state index in [9.17, 15) is 4.39 Å². The van der Waals surface area contributed by atoms with Crippen LogP contribution in [0.2, 0.25) is 0 Å². The molecule has 1 aliphatic rings. The van der Waals surface area contributed by atoms with Crippen molar-refractivity contribution in [1.82, 2.24) is 9.78 Å².